The summed E-state index contributed by atoms with van der Waals surface area (Å²) in [6.07, 6.45) is 0. The first-order chi connectivity index (χ1) is 16.5. The van der Waals surface area contributed by atoms with Crippen LogP contribution in [0.2, 0.25) is 0 Å². The van der Waals surface area contributed by atoms with Crippen LogP contribution >= 0.6 is 0 Å². The molecule has 0 fully saturated rings. The fourth-order valence-corrected chi connectivity index (χ4v) is 3.00. The molecule has 0 saturated carbocycles. The Kier molecular flexibility index (Phi) is 6.50. The number of benzene rings is 4. The third-order valence-electron chi connectivity index (χ3n) is 4.75. The molecule has 10 nitrogen and oxygen atoms in total. The Morgan fingerprint density at radius 3 is 1.00 bits per heavy atom. The topological polar surface area (TPSA) is 135 Å². The molecule has 0 amide bonds. The van der Waals surface area contributed by atoms with Gasteiger partial charge in [-0.25, -0.2) is 0 Å². The smallest absolute Gasteiger partial charge is 0.269 e. The molecule has 0 spiro atoms. The number of hydrogen-bond acceptors (Lipinski definition) is 8. The minimum atomic E-state index is -0.438. The Labute approximate surface area is 193 Å². The van der Waals surface area contributed by atoms with E-state index < -0.39 is 9.85 Å². The summed E-state index contributed by atoms with van der Waals surface area (Å²) in [7, 11) is 0. The largest absolute Gasteiger partial charge is 0.356 e. The highest BCUT2D eigenvalue weighted by Gasteiger charge is 2.05. The van der Waals surface area contributed by atoms with Gasteiger partial charge in [-0.3, -0.25) is 20.2 Å². The number of rotatable bonds is 8. The first kappa shape index (κ1) is 22.1. The number of nitro groups is 2. The number of hydrogen-bond donors (Lipinski definition) is 2. The van der Waals surface area contributed by atoms with Gasteiger partial charge in [0.25, 0.3) is 11.4 Å². The van der Waals surface area contributed by atoms with Crippen molar-refractivity contribution in [1.29, 1.82) is 0 Å². The molecule has 4 rings (SSSR count). The van der Waals surface area contributed by atoms with E-state index >= 15 is 0 Å². The molecule has 0 aromatic heterocycles. The Morgan fingerprint density at radius 1 is 0.471 bits per heavy atom. The summed E-state index contributed by atoms with van der Waals surface area (Å²) in [5.74, 6) is 0. The molecule has 0 saturated heterocycles. The zero-order chi connectivity index (χ0) is 23.9. The van der Waals surface area contributed by atoms with Crippen LogP contribution < -0.4 is 10.6 Å². The highest BCUT2D eigenvalue weighted by Crippen LogP contribution is 2.25. The molecule has 0 unspecified atom stereocenters. The lowest BCUT2D eigenvalue weighted by atomic mass is 10.2. The van der Waals surface area contributed by atoms with Gasteiger partial charge in [0.15, 0.2) is 0 Å². The number of nitro benzene ring substituents is 2. The van der Waals surface area contributed by atoms with E-state index in [-0.39, 0.29) is 11.4 Å². The Hall–Kier alpha value is -5.12. The van der Waals surface area contributed by atoms with Crippen LogP contribution in [0.1, 0.15) is 0 Å². The molecule has 4 aromatic rings. The summed E-state index contributed by atoms with van der Waals surface area (Å²) in [6, 6.07) is 26.9. The molecule has 2 N–H and O–H groups in total. The number of nitrogens with one attached hydrogen (secondary N) is 2. The highest BCUT2D eigenvalue weighted by atomic mass is 16.6. The lowest BCUT2D eigenvalue weighted by molar-refractivity contribution is -0.385. The first-order valence-electron chi connectivity index (χ1n) is 10.1. The normalized spacial score (nSPS) is 10.7. The number of non-ortho nitro benzene ring substituents is 2. The average molecular weight is 454 g/mol. The van der Waals surface area contributed by atoms with Gasteiger partial charge < -0.3 is 10.6 Å². The zero-order valence-corrected chi connectivity index (χ0v) is 17.7. The van der Waals surface area contributed by atoms with E-state index in [1.807, 2.05) is 48.5 Å². The SMILES string of the molecule is O=[N+]([O-])c1ccc(Nc2ccc(N=Nc3ccc(Nc4ccc([N+](=O)[O-])cc4)cc3)cc2)cc1. The van der Waals surface area contributed by atoms with Crippen LogP contribution in [0.4, 0.5) is 45.5 Å². The van der Waals surface area contributed by atoms with Gasteiger partial charge in [0.2, 0.25) is 0 Å². The van der Waals surface area contributed by atoms with Gasteiger partial charge in [-0.1, -0.05) is 0 Å². The second-order valence-electron chi connectivity index (χ2n) is 7.15. The zero-order valence-electron chi connectivity index (χ0n) is 17.7. The predicted molar refractivity (Wildman–Crippen MR) is 130 cm³/mol. The van der Waals surface area contributed by atoms with Crippen molar-refractivity contribution in [2.45, 2.75) is 0 Å². The van der Waals surface area contributed by atoms with Crippen LogP contribution in [0.15, 0.2) is 107 Å². The Morgan fingerprint density at radius 2 is 0.735 bits per heavy atom. The third kappa shape index (κ3) is 5.77. The fraction of sp³-hybridized carbons (Fsp3) is 0. The molecule has 10 heteroatoms. The lowest BCUT2D eigenvalue weighted by Crippen LogP contribution is -1.91. The van der Waals surface area contributed by atoms with Gasteiger partial charge in [-0.15, -0.1) is 0 Å². The van der Waals surface area contributed by atoms with Crippen LogP contribution in [0, 0.1) is 20.2 Å². The molecule has 0 aliphatic rings. The van der Waals surface area contributed by atoms with Gasteiger partial charge in [0.1, 0.15) is 0 Å². The standard InChI is InChI=1S/C24H18N6O4/c31-29(32)23-13-9-19(10-14-23)25-17-1-5-21(6-2-17)27-28-22-7-3-18(4-8-22)26-20-11-15-24(16-12-20)30(33)34/h1-16,25-26H. The quantitative estimate of drug-likeness (QED) is 0.162. The van der Waals surface area contributed by atoms with E-state index in [2.05, 4.69) is 20.9 Å². The third-order valence-corrected chi connectivity index (χ3v) is 4.75. The van der Waals surface area contributed by atoms with Crippen molar-refractivity contribution >= 4 is 45.5 Å². The Balaban J connectivity index is 1.34. The van der Waals surface area contributed by atoms with Crippen molar-refractivity contribution in [3.8, 4) is 0 Å². The molecule has 34 heavy (non-hydrogen) atoms. The molecule has 0 radical (unpaired) electrons. The molecule has 0 atom stereocenters. The number of anilines is 4. The van der Waals surface area contributed by atoms with Gasteiger partial charge in [0, 0.05) is 47.0 Å². The average Bonchev–Trinajstić information content (AvgIpc) is 2.85. The van der Waals surface area contributed by atoms with E-state index in [9.17, 15) is 20.2 Å². The molecule has 0 bridgehead atoms. The van der Waals surface area contributed by atoms with Crippen LogP contribution in [0.25, 0.3) is 0 Å². The minimum absolute atomic E-state index is 0.0384. The molecule has 4 aromatic carbocycles. The molecule has 0 aliphatic carbocycles. The van der Waals surface area contributed by atoms with E-state index in [4.69, 9.17) is 0 Å². The van der Waals surface area contributed by atoms with Gasteiger partial charge in [-0.05, 0) is 72.8 Å². The molecule has 0 heterocycles. The first-order valence-corrected chi connectivity index (χ1v) is 10.1. The van der Waals surface area contributed by atoms with Crippen LogP contribution in [-0.4, -0.2) is 9.85 Å². The van der Waals surface area contributed by atoms with Crippen LogP contribution in [-0.2, 0) is 0 Å². The van der Waals surface area contributed by atoms with E-state index in [0.717, 1.165) is 22.7 Å². The molecule has 0 aliphatic heterocycles. The summed E-state index contributed by atoms with van der Waals surface area (Å²) >= 11 is 0. The van der Waals surface area contributed by atoms with Gasteiger partial charge in [0.05, 0.1) is 21.2 Å². The monoisotopic (exact) mass is 454 g/mol. The van der Waals surface area contributed by atoms with Crippen molar-refractivity contribution in [3.63, 3.8) is 0 Å². The van der Waals surface area contributed by atoms with Crippen molar-refractivity contribution < 1.29 is 9.85 Å². The second kappa shape index (κ2) is 10.0. The predicted octanol–water partition coefficient (Wildman–Crippen LogP) is 7.41. The maximum absolute atomic E-state index is 10.7. The maximum Gasteiger partial charge on any atom is 0.269 e. The van der Waals surface area contributed by atoms with Crippen molar-refractivity contribution in [3.05, 3.63) is 117 Å². The molecular formula is C24H18N6O4. The summed E-state index contributed by atoms with van der Waals surface area (Å²) in [5, 5.41) is 36.3. The maximum atomic E-state index is 10.7. The lowest BCUT2D eigenvalue weighted by Gasteiger charge is -2.06. The number of azo groups is 1. The minimum Gasteiger partial charge on any atom is -0.356 e. The number of nitrogens with zero attached hydrogens (tertiary/aromatic N) is 4. The summed E-state index contributed by atoms with van der Waals surface area (Å²) < 4.78 is 0. The Bertz CT molecular complexity index is 1220. The molecular weight excluding hydrogens is 436 g/mol. The summed E-state index contributed by atoms with van der Waals surface area (Å²) in [4.78, 5) is 20.6. The van der Waals surface area contributed by atoms with E-state index in [1.54, 1.807) is 24.3 Å². The van der Waals surface area contributed by atoms with Crippen molar-refractivity contribution in [2.24, 2.45) is 10.2 Å². The summed E-state index contributed by atoms with van der Waals surface area (Å²) in [5.41, 5.74) is 4.52. The summed E-state index contributed by atoms with van der Waals surface area (Å²) in [6.45, 7) is 0. The molecule has 168 valence electrons. The van der Waals surface area contributed by atoms with Crippen LogP contribution in [0.3, 0.4) is 0 Å². The van der Waals surface area contributed by atoms with E-state index in [1.165, 1.54) is 24.3 Å². The fourth-order valence-electron chi connectivity index (χ4n) is 3.00. The van der Waals surface area contributed by atoms with Crippen molar-refractivity contribution in [2.75, 3.05) is 10.6 Å². The van der Waals surface area contributed by atoms with Crippen molar-refractivity contribution in [1.82, 2.24) is 0 Å². The van der Waals surface area contributed by atoms with E-state index in [0.29, 0.717) is 11.4 Å². The highest BCUT2D eigenvalue weighted by molar-refractivity contribution is 5.64. The van der Waals surface area contributed by atoms with Gasteiger partial charge >= 0.3 is 0 Å². The second-order valence-corrected chi connectivity index (χ2v) is 7.15. The van der Waals surface area contributed by atoms with Crippen LogP contribution in [0.5, 0.6) is 0 Å². The van der Waals surface area contributed by atoms with Gasteiger partial charge in [-0.2, -0.15) is 10.2 Å².